The molecule has 7 nitrogen and oxygen atoms in total. The largest absolute Gasteiger partial charge is 0.484 e. The summed E-state index contributed by atoms with van der Waals surface area (Å²) in [6.45, 7) is -0.220. The van der Waals surface area contributed by atoms with Crippen LogP contribution in [0, 0.1) is 0 Å². The first-order valence-corrected chi connectivity index (χ1v) is 11.2. The molecule has 2 aromatic carbocycles. The Morgan fingerprint density at radius 2 is 1.50 bits per heavy atom. The average molecular weight is 448 g/mol. The van der Waals surface area contributed by atoms with Crippen LogP contribution in [0.15, 0.2) is 42.5 Å². The molecule has 30 heavy (non-hydrogen) atoms. The van der Waals surface area contributed by atoms with Crippen molar-refractivity contribution in [3.05, 3.63) is 59.2 Å². The number of esters is 2. The number of rotatable bonds is 7. The molecular weight excluding hydrogens is 426 g/mol. The van der Waals surface area contributed by atoms with Gasteiger partial charge in [0.25, 0.3) is 5.91 Å². The van der Waals surface area contributed by atoms with Crippen molar-refractivity contribution in [1.82, 2.24) is 0 Å². The van der Waals surface area contributed by atoms with Gasteiger partial charge in [0.2, 0.25) is 0 Å². The van der Waals surface area contributed by atoms with E-state index in [1.807, 2.05) is 47.8 Å². The van der Waals surface area contributed by atoms with Crippen molar-refractivity contribution in [3.8, 4) is 5.75 Å². The Hall–Kier alpha value is -2.65. The van der Waals surface area contributed by atoms with E-state index in [0.717, 1.165) is 11.5 Å². The third-order valence-corrected chi connectivity index (χ3v) is 7.31. The van der Waals surface area contributed by atoms with Crippen molar-refractivity contribution in [2.75, 3.05) is 37.6 Å². The van der Waals surface area contributed by atoms with Crippen molar-refractivity contribution >= 4 is 47.1 Å². The Morgan fingerprint density at radius 1 is 0.933 bits per heavy atom. The topological polar surface area (TPSA) is 90.9 Å². The Bertz CT molecular complexity index is 891. The molecule has 0 aromatic heterocycles. The lowest BCUT2D eigenvalue weighted by molar-refractivity contribution is -0.118. The second-order valence-corrected chi connectivity index (χ2v) is 8.99. The van der Waals surface area contributed by atoms with Crippen LogP contribution in [-0.4, -0.2) is 50.2 Å². The fourth-order valence-electron chi connectivity index (χ4n) is 2.79. The van der Waals surface area contributed by atoms with Gasteiger partial charge in [0.05, 0.1) is 29.9 Å². The number of hydrogen-bond acceptors (Lipinski definition) is 8. The minimum atomic E-state index is -0.633. The van der Waals surface area contributed by atoms with E-state index in [1.165, 1.54) is 38.0 Å². The predicted octanol–water partition coefficient (Wildman–Crippen LogP) is 3.76. The molecule has 1 amide bonds. The van der Waals surface area contributed by atoms with E-state index in [9.17, 15) is 14.4 Å². The quantitative estimate of drug-likeness (QED) is 0.642. The highest BCUT2D eigenvalue weighted by atomic mass is 32.2. The van der Waals surface area contributed by atoms with Crippen molar-refractivity contribution < 1.29 is 28.6 Å². The molecule has 1 saturated heterocycles. The maximum atomic E-state index is 12.3. The van der Waals surface area contributed by atoms with Gasteiger partial charge in [0.15, 0.2) is 6.61 Å². The molecule has 0 aliphatic carbocycles. The number of ether oxygens (including phenoxy) is 3. The lowest BCUT2D eigenvalue weighted by Crippen LogP contribution is -2.21. The summed E-state index contributed by atoms with van der Waals surface area (Å²) in [5, 5.41) is 2.62. The molecule has 158 valence electrons. The lowest BCUT2D eigenvalue weighted by Gasteiger charge is -2.11. The zero-order valence-corrected chi connectivity index (χ0v) is 18.1. The molecular formula is C21H21NO6S2. The van der Waals surface area contributed by atoms with Gasteiger partial charge in [-0.2, -0.15) is 0 Å². The van der Waals surface area contributed by atoms with E-state index in [4.69, 9.17) is 4.74 Å². The first-order chi connectivity index (χ1) is 14.5. The number of thioether (sulfide) groups is 2. The minimum Gasteiger partial charge on any atom is -0.484 e. The third-order valence-electron chi connectivity index (χ3n) is 4.20. The molecule has 9 heteroatoms. The van der Waals surface area contributed by atoms with Gasteiger partial charge in [-0.05, 0) is 35.9 Å². The normalized spacial score (nSPS) is 13.5. The van der Waals surface area contributed by atoms with Gasteiger partial charge in [-0.25, -0.2) is 9.59 Å². The fourth-order valence-corrected chi connectivity index (χ4v) is 5.65. The van der Waals surface area contributed by atoms with Crippen LogP contribution in [0.5, 0.6) is 5.75 Å². The summed E-state index contributed by atoms with van der Waals surface area (Å²) in [6.07, 6.45) is 0. The highest BCUT2D eigenvalue weighted by Gasteiger charge is 2.18. The Kier molecular flexibility index (Phi) is 7.64. The lowest BCUT2D eigenvalue weighted by atomic mass is 10.1. The number of carbonyl (C=O) groups is 3. The first kappa shape index (κ1) is 22.0. The molecule has 3 rings (SSSR count). The highest BCUT2D eigenvalue weighted by Crippen LogP contribution is 2.45. The summed E-state index contributed by atoms with van der Waals surface area (Å²) in [5.74, 6) is 1.20. The van der Waals surface area contributed by atoms with Crippen molar-refractivity contribution in [2.24, 2.45) is 0 Å². The molecule has 1 aliphatic rings. The summed E-state index contributed by atoms with van der Waals surface area (Å²) < 4.78 is 15.4. The zero-order chi connectivity index (χ0) is 21.5. The second kappa shape index (κ2) is 10.4. The Labute approximate surface area is 182 Å². The van der Waals surface area contributed by atoms with Crippen molar-refractivity contribution in [1.29, 1.82) is 0 Å². The number of benzene rings is 2. The minimum absolute atomic E-state index is 0.120. The van der Waals surface area contributed by atoms with Gasteiger partial charge in [-0.3, -0.25) is 4.79 Å². The van der Waals surface area contributed by atoms with Crippen LogP contribution in [0.4, 0.5) is 5.69 Å². The van der Waals surface area contributed by atoms with Crippen LogP contribution >= 0.6 is 23.5 Å². The smallest absolute Gasteiger partial charge is 0.337 e. The number of methoxy groups -OCH3 is 2. The molecule has 0 bridgehead atoms. The molecule has 0 atom stereocenters. The van der Waals surface area contributed by atoms with Gasteiger partial charge < -0.3 is 19.5 Å². The van der Waals surface area contributed by atoms with E-state index in [-0.39, 0.29) is 23.4 Å². The second-order valence-electron chi connectivity index (χ2n) is 6.26. The van der Waals surface area contributed by atoms with Crippen LogP contribution in [0.25, 0.3) is 0 Å². The van der Waals surface area contributed by atoms with E-state index >= 15 is 0 Å². The van der Waals surface area contributed by atoms with Crippen LogP contribution in [0.2, 0.25) is 0 Å². The number of hydrogen-bond donors (Lipinski definition) is 1. The molecule has 0 radical (unpaired) electrons. The predicted molar refractivity (Wildman–Crippen MR) is 117 cm³/mol. The van der Waals surface area contributed by atoms with Crippen LogP contribution in [0.3, 0.4) is 0 Å². The number of anilines is 1. The van der Waals surface area contributed by atoms with Gasteiger partial charge in [-0.15, -0.1) is 23.5 Å². The average Bonchev–Trinajstić information content (AvgIpc) is 3.31. The molecule has 0 saturated carbocycles. The van der Waals surface area contributed by atoms with E-state index < -0.39 is 17.8 Å². The van der Waals surface area contributed by atoms with Gasteiger partial charge in [0, 0.05) is 17.2 Å². The maximum absolute atomic E-state index is 12.3. The zero-order valence-electron chi connectivity index (χ0n) is 16.5. The number of carbonyl (C=O) groups excluding carboxylic acids is 3. The summed E-state index contributed by atoms with van der Waals surface area (Å²) in [4.78, 5) is 36.0. The molecule has 0 unspecified atom stereocenters. The van der Waals surface area contributed by atoms with E-state index in [2.05, 4.69) is 14.8 Å². The molecule has 1 heterocycles. The van der Waals surface area contributed by atoms with Crippen molar-refractivity contribution in [2.45, 2.75) is 4.58 Å². The van der Waals surface area contributed by atoms with E-state index in [1.54, 1.807) is 0 Å². The first-order valence-electron chi connectivity index (χ1n) is 9.07. The van der Waals surface area contributed by atoms with Gasteiger partial charge in [0.1, 0.15) is 5.75 Å². The number of nitrogens with one attached hydrogen (secondary N) is 1. The molecule has 1 aliphatic heterocycles. The van der Waals surface area contributed by atoms with Gasteiger partial charge >= 0.3 is 11.9 Å². The Morgan fingerprint density at radius 3 is 2.03 bits per heavy atom. The SMILES string of the molecule is COC(=O)c1cc(NC(=O)COc2ccc(C3SCCS3)cc2)cc(C(=O)OC)c1. The molecule has 1 fully saturated rings. The Balaban J connectivity index is 1.62. The van der Waals surface area contributed by atoms with Crippen LogP contribution < -0.4 is 10.1 Å². The molecule has 1 N–H and O–H groups in total. The molecule has 0 spiro atoms. The summed E-state index contributed by atoms with van der Waals surface area (Å²) in [5.41, 5.74) is 1.73. The van der Waals surface area contributed by atoms with Gasteiger partial charge in [-0.1, -0.05) is 12.1 Å². The van der Waals surface area contributed by atoms with E-state index in [0.29, 0.717) is 10.3 Å². The summed E-state index contributed by atoms with van der Waals surface area (Å²) in [7, 11) is 2.46. The standard InChI is InChI=1S/C21H21NO6S2/c1-26-19(24)14-9-15(20(25)27-2)11-16(10-14)22-18(23)12-28-17-5-3-13(4-6-17)21-29-7-8-30-21/h3-6,9-11,21H,7-8,12H2,1-2H3,(H,22,23). The number of amides is 1. The molecule has 2 aromatic rings. The maximum Gasteiger partial charge on any atom is 0.337 e. The highest BCUT2D eigenvalue weighted by molar-refractivity contribution is 8.19. The van der Waals surface area contributed by atoms with Crippen molar-refractivity contribution in [3.63, 3.8) is 0 Å². The van der Waals surface area contributed by atoms with Crippen LogP contribution in [0.1, 0.15) is 30.9 Å². The summed E-state index contributed by atoms with van der Waals surface area (Å²) >= 11 is 3.84. The third kappa shape index (κ3) is 5.70. The fraction of sp³-hybridized carbons (Fsp3) is 0.286. The monoisotopic (exact) mass is 447 g/mol. The van der Waals surface area contributed by atoms with Crippen LogP contribution in [-0.2, 0) is 14.3 Å². The summed E-state index contributed by atoms with van der Waals surface area (Å²) in [6, 6.07) is 11.9.